The fraction of sp³-hybridized carbons (Fsp3) is 0.300. The number of non-ortho nitro benzene ring substituents is 1. The molecule has 0 saturated carbocycles. The van der Waals surface area contributed by atoms with Crippen molar-refractivity contribution in [2.45, 2.75) is 12.8 Å². The van der Waals surface area contributed by atoms with E-state index < -0.39 is 4.92 Å². The van der Waals surface area contributed by atoms with E-state index in [4.69, 9.17) is 10.5 Å². The third-order valence-electron chi connectivity index (χ3n) is 1.86. The van der Waals surface area contributed by atoms with E-state index in [1.54, 1.807) is 0 Å². The number of carbonyl (C=O) groups excluding carboxylic acids is 1. The molecule has 0 bridgehead atoms. The molecule has 1 aromatic rings. The van der Waals surface area contributed by atoms with Crippen molar-refractivity contribution >= 4 is 11.7 Å². The van der Waals surface area contributed by atoms with Crippen LogP contribution in [0.15, 0.2) is 24.3 Å². The molecule has 0 spiro atoms. The predicted molar refractivity (Wildman–Crippen MR) is 57.0 cm³/mol. The molecule has 0 unspecified atom stereocenters. The number of esters is 1. The molecule has 0 saturated heterocycles. The van der Waals surface area contributed by atoms with Gasteiger partial charge in [0, 0.05) is 18.6 Å². The molecule has 0 aromatic heterocycles. The Hall–Kier alpha value is -1.95. The second kappa shape index (κ2) is 5.82. The molecule has 2 N–H and O–H groups in total. The monoisotopic (exact) mass is 224 g/mol. The Balaban J connectivity index is 2.55. The highest BCUT2D eigenvalue weighted by Crippen LogP contribution is 2.17. The second-order valence-corrected chi connectivity index (χ2v) is 3.12. The highest BCUT2D eigenvalue weighted by molar-refractivity contribution is 5.72. The third kappa shape index (κ3) is 3.66. The van der Waals surface area contributed by atoms with Crippen molar-refractivity contribution in [1.82, 2.24) is 0 Å². The van der Waals surface area contributed by atoms with Gasteiger partial charge < -0.3 is 10.5 Å². The van der Waals surface area contributed by atoms with Crippen LogP contribution in [0.4, 0.5) is 5.69 Å². The summed E-state index contributed by atoms with van der Waals surface area (Å²) >= 11 is 0. The first-order valence-corrected chi connectivity index (χ1v) is 4.78. The lowest BCUT2D eigenvalue weighted by Crippen LogP contribution is -2.10. The second-order valence-electron chi connectivity index (χ2n) is 3.12. The van der Waals surface area contributed by atoms with Crippen LogP contribution in [0, 0.1) is 10.1 Å². The lowest BCUT2D eigenvalue weighted by atomic mass is 10.3. The highest BCUT2D eigenvalue weighted by Gasteiger charge is 2.07. The lowest BCUT2D eigenvalue weighted by Gasteiger charge is -2.02. The topological polar surface area (TPSA) is 95.5 Å². The molecule has 0 atom stereocenters. The summed E-state index contributed by atoms with van der Waals surface area (Å²) in [6.45, 7) is 0.426. The van der Waals surface area contributed by atoms with Gasteiger partial charge in [-0.3, -0.25) is 14.9 Å². The SMILES string of the molecule is NCCCC(=O)Oc1ccc([N+](=O)[O-])cc1. The first-order chi connectivity index (χ1) is 7.63. The largest absolute Gasteiger partial charge is 0.427 e. The van der Waals surface area contributed by atoms with Crippen molar-refractivity contribution in [2.75, 3.05) is 6.54 Å². The molecule has 6 heteroatoms. The molecule has 0 aliphatic rings. The number of ether oxygens (including phenoxy) is 1. The van der Waals surface area contributed by atoms with Gasteiger partial charge in [-0.1, -0.05) is 0 Å². The molecule has 86 valence electrons. The number of nitrogens with two attached hydrogens (primary N) is 1. The summed E-state index contributed by atoms with van der Waals surface area (Å²) in [4.78, 5) is 21.0. The average Bonchev–Trinajstić information content (AvgIpc) is 2.27. The molecule has 0 amide bonds. The van der Waals surface area contributed by atoms with E-state index >= 15 is 0 Å². The molecular weight excluding hydrogens is 212 g/mol. The maximum atomic E-state index is 11.2. The zero-order chi connectivity index (χ0) is 12.0. The predicted octanol–water partition coefficient (Wildman–Crippen LogP) is 1.24. The van der Waals surface area contributed by atoms with Gasteiger partial charge in [0.15, 0.2) is 0 Å². The van der Waals surface area contributed by atoms with Crippen LogP contribution < -0.4 is 10.5 Å². The molecule has 0 fully saturated rings. The zero-order valence-electron chi connectivity index (χ0n) is 8.59. The van der Waals surface area contributed by atoms with Crippen LogP contribution in [0.25, 0.3) is 0 Å². The number of benzene rings is 1. The fourth-order valence-electron chi connectivity index (χ4n) is 1.06. The average molecular weight is 224 g/mol. The van der Waals surface area contributed by atoms with Crippen molar-refractivity contribution in [3.63, 3.8) is 0 Å². The van der Waals surface area contributed by atoms with Crippen LogP contribution in [-0.2, 0) is 4.79 Å². The van der Waals surface area contributed by atoms with E-state index in [9.17, 15) is 14.9 Å². The quantitative estimate of drug-likeness (QED) is 0.351. The van der Waals surface area contributed by atoms with Crippen LogP contribution in [0.1, 0.15) is 12.8 Å². The molecule has 0 heterocycles. The summed E-state index contributed by atoms with van der Waals surface area (Å²) in [5.41, 5.74) is 5.20. The van der Waals surface area contributed by atoms with E-state index in [1.807, 2.05) is 0 Å². The van der Waals surface area contributed by atoms with Gasteiger partial charge in [-0.25, -0.2) is 0 Å². The van der Waals surface area contributed by atoms with E-state index in [0.717, 1.165) is 0 Å². The van der Waals surface area contributed by atoms with E-state index in [1.165, 1.54) is 24.3 Å². The van der Waals surface area contributed by atoms with Crippen molar-refractivity contribution < 1.29 is 14.5 Å². The van der Waals surface area contributed by atoms with Crippen molar-refractivity contribution in [3.05, 3.63) is 34.4 Å². The van der Waals surface area contributed by atoms with Gasteiger partial charge in [0.2, 0.25) is 0 Å². The summed E-state index contributed by atoms with van der Waals surface area (Å²) in [7, 11) is 0. The van der Waals surface area contributed by atoms with Crippen LogP contribution in [0.2, 0.25) is 0 Å². The summed E-state index contributed by atoms with van der Waals surface area (Å²) in [6.07, 6.45) is 0.805. The number of nitrogens with zero attached hydrogens (tertiary/aromatic N) is 1. The summed E-state index contributed by atoms with van der Waals surface area (Å²) in [6, 6.07) is 5.34. The Kier molecular flexibility index (Phi) is 4.41. The summed E-state index contributed by atoms with van der Waals surface area (Å²) < 4.78 is 4.93. The first kappa shape index (κ1) is 12.1. The van der Waals surface area contributed by atoms with Gasteiger partial charge in [0.1, 0.15) is 5.75 Å². The zero-order valence-corrected chi connectivity index (χ0v) is 8.59. The van der Waals surface area contributed by atoms with Gasteiger partial charge >= 0.3 is 5.97 Å². The van der Waals surface area contributed by atoms with E-state index in [0.29, 0.717) is 18.7 Å². The minimum Gasteiger partial charge on any atom is -0.427 e. The molecule has 0 aliphatic carbocycles. The van der Waals surface area contributed by atoms with Crippen LogP contribution in [0.5, 0.6) is 5.75 Å². The maximum absolute atomic E-state index is 11.2. The van der Waals surface area contributed by atoms with Crippen LogP contribution >= 0.6 is 0 Å². The van der Waals surface area contributed by atoms with E-state index in [2.05, 4.69) is 0 Å². The standard InChI is InChI=1S/C10H12N2O4/c11-7-1-2-10(13)16-9-5-3-8(4-6-9)12(14)15/h3-6H,1-2,7,11H2. The molecule has 6 nitrogen and oxygen atoms in total. The lowest BCUT2D eigenvalue weighted by molar-refractivity contribution is -0.384. The summed E-state index contributed by atoms with van der Waals surface area (Å²) in [5.74, 6) is -0.0908. The Labute approximate surface area is 92.2 Å². The number of hydrogen-bond donors (Lipinski definition) is 1. The molecule has 0 radical (unpaired) electrons. The normalized spacial score (nSPS) is 9.81. The number of hydrogen-bond acceptors (Lipinski definition) is 5. The smallest absolute Gasteiger partial charge is 0.311 e. The highest BCUT2D eigenvalue weighted by atomic mass is 16.6. The van der Waals surface area contributed by atoms with Gasteiger partial charge in [-0.05, 0) is 25.1 Å². The molecular formula is C10H12N2O4. The van der Waals surface area contributed by atoms with Crippen molar-refractivity contribution in [3.8, 4) is 5.75 Å². The fourth-order valence-corrected chi connectivity index (χ4v) is 1.06. The molecule has 1 aromatic carbocycles. The number of rotatable bonds is 5. The van der Waals surface area contributed by atoms with Crippen molar-refractivity contribution in [2.24, 2.45) is 5.73 Å². The van der Waals surface area contributed by atoms with Crippen molar-refractivity contribution in [1.29, 1.82) is 0 Å². The molecule has 1 rings (SSSR count). The van der Waals surface area contributed by atoms with Gasteiger partial charge in [-0.2, -0.15) is 0 Å². The van der Waals surface area contributed by atoms with Crippen LogP contribution in [0.3, 0.4) is 0 Å². The Morgan fingerprint density at radius 2 is 2.00 bits per heavy atom. The molecule has 0 aliphatic heterocycles. The Bertz CT molecular complexity index is 375. The van der Waals surface area contributed by atoms with Gasteiger partial charge in [0.25, 0.3) is 5.69 Å². The number of nitro benzene ring substituents is 1. The van der Waals surface area contributed by atoms with Gasteiger partial charge in [-0.15, -0.1) is 0 Å². The minimum atomic E-state index is -0.514. The molecule has 16 heavy (non-hydrogen) atoms. The van der Waals surface area contributed by atoms with Crippen LogP contribution in [-0.4, -0.2) is 17.4 Å². The third-order valence-corrected chi connectivity index (χ3v) is 1.86. The Morgan fingerprint density at radius 1 is 1.38 bits per heavy atom. The number of nitro groups is 1. The first-order valence-electron chi connectivity index (χ1n) is 4.78. The summed E-state index contributed by atoms with van der Waals surface area (Å²) in [5, 5.41) is 10.4. The number of carbonyl (C=O) groups is 1. The Morgan fingerprint density at radius 3 is 2.50 bits per heavy atom. The van der Waals surface area contributed by atoms with E-state index in [-0.39, 0.29) is 18.1 Å². The van der Waals surface area contributed by atoms with Gasteiger partial charge in [0.05, 0.1) is 4.92 Å². The minimum absolute atomic E-state index is 0.0400. The maximum Gasteiger partial charge on any atom is 0.311 e.